The van der Waals surface area contributed by atoms with Gasteiger partial charge in [-0.2, -0.15) is 0 Å². The third kappa shape index (κ3) is 4.59. The van der Waals surface area contributed by atoms with E-state index in [0.29, 0.717) is 6.54 Å². The number of aliphatic carboxylic acids is 1. The Morgan fingerprint density at radius 2 is 2.00 bits per heavy atom. The van der Waals surface area contributed by atoms with E-state index in [4.69, 9.17) is 9.84 Å². The van der Waals surface area contributed by atoms with Crippen molar-refractivity contribution in [2.75, 3.05) is 26.2 Å². The molecule has 2 amide bonds. The predicted octanol–water partition coefficient (Wildman–Crippen LogP) is -0.0987. The predicted molar refractivity (Wildman–Crippen MR) is 72.6 cm³/mol. The van der Waals surface area contributed by atoms with Gasteiger partial charge in [0, 0.05) is 26.1 Å². The Morgan fingerprint density at radius 1 is 1.33 bits per heavy atom. The average molecular weight is 302 g/mol. The van der Waals surface area contributed by atoms with Crippen LogP contribution in [-0.2, 0) is 14.3 Å². The summed E-state index contributed by atoms with van der Waals surface area (Å²) < 4.78 is 4.79. The summed E-state index contributed by atoms with van der Waals surface area (Å²) >= 11 is 0. The lowest BCUT2D eigenvalue weighted by atomic mass is 10.2. The molecule has 8 heteroatoms. The van der Waals surface area contributed by atoms with Gasteiger partial charge in [-0.1, -0.05) is 0 Å². The smallest absolute Gasteiger partial charge is 0.326 e. The Hall–Kier alpha value is -1.83. The molecule has 0 unspecified atom stereocenters. The highest BCUT2D eigenvalue weighted by atomic mass is 16.5. The van der Waals surface area contributed by atoms with Gasteiger partial charge < -0.3 is 24.7 Å². The molecule has 0 radical (unpaired) electrons. The van der Waals surface area contributed by atoms with Gasteiger partial charge in [-0.25, -0.2) is 9.59 Å². The molecule has 0 aromatic rings. The summed E-state index contributed by atoms with van der Waals surface area (Å²) in [6.07, 6.45) is -0.753. The number of carbonyl (C=O) groups is 3. The molecule has 1 heterocycles. The Morgan fingerprint density at radius 3 is 2.52 bits per heavy atom. The molecule has 0 saturated carbocycles. The van der Waals surface area contributed by atoms with Crippen LogP contribution in [0.1, 0.15) is 26.7 Å². The Balaban J connectivity index is 2.65. The molecule has 0 aliphatic carbocycles. The van der Waals surface area contributed by atoms with Crippen molar-refractivity contribution < 1.29 is 29.3 Å². The van der Waals surface area contributed by atoms with Crippen LogP contribution < -0.4 is 0 Å². The van der Waals surface area contributed by atoms with E-state index in [-0.39, 0.29) is 32.5 Å². The van der Waals surface area contributed by atoms with Crippen LogP contribution in [0.2, 0.25) is 0 Å². The van der Waals surface area contributed by atoms with Crippen LogP contribution in [0.4, 0.5) is 4.79 Å². The van der Waals surface area contributed by atoms with Gasteiger partial charge in [0.15, 0.2) is 0 Å². The molecule has 0 spiro atoms. The van der Waals surface area contributed by atoms with Gasteiger partial charge >= 0.3 is 18.0 Å². The lowest BCUT2D eigenvalue weighted by molar-refractivity contribution is -0.144. The van der Waals surface area contributed by atoms with Crippen molar-refractivity contribution >= 4 is 18.0 Å². The molecule has 1 aliphatic heterocycles. The summed E-state index contributed by atoms with van der Waals surface area (Å²) in [6.45, 7) is 4.21. The number of amides is 2. The molecule has 21 heavy (non-hydrogen) atoms. The largest absolute Gasteiger partial charge is 0.480 e. The summed E-state index contributed by atoms with van der Waals surface area (Å²) in [5, 5.41) is 18.7. The van der Waals surface area contributed by atoms with Gasteiger partial charge in [0.25, 0.3) is 0 Å². The number of ether oxygens (including phenoxy) is 1. The molecule has 8 nitrogen and oxygen atoms in total. The van der Waals surface area contributed by atoms with Gasteiger partial charge in [0.2, 0.25) is 0 Å². The van der Waals surface area contributed by atoms with E-state index in [0.717, 1.165) is 4.90 Å². The van der Waals surface area contributed by atoms with Crippen LogP contribution >= 0.6 is 0 Å². The van der Waals surface area contributed by atoms with E-state index >= 15 is 0 Å². The number of aliphatic hydroxyl groups is 1. The highest BCUT2D eigenvalue weighted by molar-refractivity contribution is 5.83. The zero-order valence-corrected chi connectivity index (χ0v) is 12.3. The molecule has 1 fully saturated rings. The summed E-state index contributed by atoms with van der Waals surface area (Å²) in [5.41, 5.74) is 0. The maximum absolute atomic E-state index is 12.3. The van der Waals surface area contributed by atoms with Gasteiger partial charge in [-0.3, -0.25) is 4.79 Å². The van der Waals surface area contributed by atoms with Crippen molar-refractivity contribution in [1.29, 1.82) is 0 Å². The van der Waals surface area contributed by atoms with Crippen molar-refractivity contribution in [3.63, 3.8) is 0 Å². The molecule has 2 N–H and O–H groups in total. The number of nitrogens with zero attached hydrogens (tertiary/aromatic N) is 2. The number of likely N-dealkylation sites (tertiary alicyclic amines) is 1. The van der Waals surface area contributed by atoms with Crippen molar-refractivity contribution in [3.8, 4) is 0 Å². The number of rotatable bonds is 6. The molecule has 1 rings (SSSR count). The molecule has 0 aromatic heterocycles. The summed E-state index contributed by atoms with van der Waals surface area (Å²) in [5.74, 6) is -1.54. The fraction of sp³-hybridized carbons (Fsp3) is 0.769. The minimum absolute atomic E-state index is 0.00823. The SMILES string of the molecule is CCOC(=O)CCN(CC)C(=O)N1C[C@H](O)C[C@H]1C(=O)O. The number of carbonyl (C=O) groups excluding carboxylic acids is 2. The van der Waals surface area contributed by atoms with Crippen molar-refractivity contribution in [2.45, 2.75) is 38.8 Å². The number of esters is 1. The molecule has 2 atom stereocenters. The first-order valence-corrected chi connectivity index (χ1v) is 7.02. The Kier molecular flexibility index (Phi) is 6.41. The number of carboxylic acids is 1. The third-order valence-corrected chi connectivity index (χ3v) is 3.35. The van der Waals surface area contributed by atoms with Crippen LogP contribution in [0, 0.1) is 0 Å². The minimum Gasteiger partial charge on any atom is -0.480 e. The minimum atomic E-state index is -1.14. The van der Waals surface area contributed by atoms with Crippen LogP contribution in [0.25, 0.3) is 0 Å². The maximum atomic E-state index is 12.3. The van der Waals surface area contributed by atoms with Crippen LogP contribution in [-0.4, -0.2) is 76.4 Å². The maximum Gasteiger partial charge on any atom is 0.326 e. The molecule has 1 aliphatic rings. The zero-order chi connectivity index (χ0) is 16.0. The van der Waals surface area contributed by atoms with Gasteiger partial charge in [0.05, 0.1) is 19.1 Å². The van der Waals surface area contributed by atoms with Crippen LogP contribution in [0.5, 0.6) is 0 Å². The van der Waals surface area contributed by atoms with Crippen LogP contribution in [0.15, 0.2) is 0 Å². The van der Waals surface area contributed by atoms with Gasteiger partial charge in [-0.05, 0) is 13.8 Å². The molecular formula is C13H22N2O6. The number of β-amino-alcohol motifs (C(OH)–C–C–N with tert-alkyl or cyclic N) is 1. The molecule has 0 bridgehead atoms. The normalized spacial score (nSPS) is 21.2. The van der Waals surface area contributed by atoms with E-state index in [1.54, 1.807) is 13.8 Å². The van der Waals surface area contributed by atoms with Gasteiger partial charge in [0.1, 0.15) is 6.04 Å². The average Bonchev–Trinajstić information content (AvgIpc) is 2.82. The first kappa shape index (κ1) is 17.2. The Labute approximate surface area is 123 Å². The second-order valence-corrected chi connectivity index (χ2v) is 4.81. The lowest BCUT2D eigenvalue weighted by Crippen LogP contribution is -2.48. The second-order valence-electron chi connectivity index (χ2n) is 4.81. The van der Waals surface area contributed by atoms with E-state index < -0.39 is 30.1 Å². The topological polar surface area (TPSA) is 107 Å². The molecule has 0 aromatic carbocycles. The van der Waals surface area contributed by atoms with Crippen LogP contribution in [0.3, 0.4) is 0 Å². The van der Waals surface area contributed by atoms with E-state index in [1.165, 1.54) is 4.90 Å². The van der Waals surface area contributed by atoms with Crippen molar-refractivity contribution in [3.05, 3.63) is 0 Å². The number of aliphatic hydroxyl groups excluding tert-OH is 1. The number of hydrogen-bond acceptors (Lipinski definition) is 5. The molecule has 1 saturated heterocycles. The van der Waals surface area contributed by atoms with E-state index in [1.807, 2.05) is 0 Å². The quantitative estimate of drug-likeness (QED) is 0.664. The first-order chi connectivity index (χ1) is 9.90. The number of hydrogen-bond donors (Lipinski definition) is 2. The first-order valence-electron chi connectivity index (χ1n) is 7.02. The highest BCUT2D eigenvalue weighted by Crippen LogP contribution is 2.20. The van der Waals surface area contributed by atoms with Crippen molar-refractivity contribution in [1.82, 2.24) is 9.80 Å². The van der Waals surface area contributed by atoms with Crippen molar-refractivity contribution in [2.24, 2.45) is 0 Å². The molecule has 120 valence electrons. The standard InChI is InChI=1S/C13H22N2O6/c1-3-14(6-5-11(17)21-4-2)13(20)15-8-9(16)7-10(15)12(18)19/h9-10,16H,3-8H2,1-2H3,(H,18,19)/t9-,10+/m1/s1. The summed E-state index contributed by atoms with van der Waals surface area (Å²) in [7, 11) is 0. The second kappa shape index (κ2) is 7.82. The van der Waals surface area contributed by atoms with Gasteiger partial charge in [-0.15, -0.1) is 0 Å². The molecular weight excluding hydrogens is 280 g/mol. The Bertz CT molecular complexity index is 400. The third-order valence-electron chi connectivity index (χ3n) is 3.35. The number of carboxylic acid groups (broad SMARTS) is 1. The van der Waals surface area contributed by atoms with E-state index in [2.05, 4.69) is 0 Å². The number of urea groups is 1. The highest BCUT2D eigenvalue weighted by Gasteiger charge is 2.40. The monoisotopic (exact) mass is 302 g/mol. The fourth-order valence-corrected chi connectivity index (χ4v) is 2.29. The van der Waals surface area contributed by atoms with E-state index in [9.17, 15) is 19.5 Å². The lowest BCUT2D eigenvalue weighted by Gasteiger charge is -2.29. The fourth-order valence-electron chi connectivity index (χ4n) is 2.29. The summed E-state index contributed by atoms with van der Waals surface area (Å²) in [4.78, 5) is 37.3. The summed E-state index contributed by atoms with van der Waals surface area (Å²) in [6, 6.07) is -1.50. The zero-order valence-electron chi connectivity index (χ0n) is 12.3.